The summed E-state index contributed by atoms with van der Waals surface area (Å²) in [5.41, 5.74) is 0.701. The Hall–Kier alpha value is -2.63. The van der Waals surface area contributed by atoms with Crippen molar-refractivity contribution in [3.63, 3.8) is 0 Å². The van der Waals surface area contributed by atoms with Crippen molar-refractivity contribution >= 4 is 23.4 Å². The molecule has 1 saturated heterocycles. The highest BCUT2D eigenvalue weighted by Crippen LogP contribution is 2.19. The van der Waals surface area contributed by atoms with Gasteiger partial charge < -0.3 is 15.5 Å². The number of nitrogens with zero attached hydrogens (tertiary/aromatic N) is 1. The molecule has 1 aromatic rings. The van der Waals surface area contributed by atoms with E-state index in [1.165, 1.54) is 4.90 Å². The fourth-order valence-electron chi connectivity index (χ4n) is 2.42. The van der Waals surface area contributed by atoms with Crippen LogP contribution in [-0.4, -0.2) is 41.8 Å². The van der Waals surface area contributed by atoms with Crippen LogP contribution < -0.4 is 10.6 Å². The van der Waals surface area contributed by atoms with E-state index in [2.05, 4.69) is 17.2 Å². The third kappa shape index (κ3) is 3.94. The molecule has 6 heteroatoms. The maximum atomic E-state index is 12.3. The van der Waals surface area contributed by atoms with Crippen LogP contribution in [0.25, 0.3) is 0 Å². The van der Waals surface area contributed by atoms with Crippen LogP contribution in [0.2, 0.25) is 0 Å². The average Bonchev–Trinajstić information content (AvgIpc) is 3.03. The van der Waals surface area contributed by atoms with Gasteiger partial charge in [0.2, 0.25) is 17.7 Å². The van der Waals surface area contributed by atoms with E-state index in [9.17, 15) is 14.4 Å². The van der Waals surface area contributed by atoms with Crippen LogP contribution in [0, 0.1) is 0 Å². The van der Waals surface area contributed by atoms with Gasteiger partial charge in [0.15, 0.2) is 0 Å². The van der Waals surface area contributed by atoms with E-state index >= 15 is 0 Å². The number of nitrogens with one attached hydrogen (secondary N) is 2. The molecule has 2 rings (SSSR count). The van der Waals surface area contributed by atoms with Crippen LogP contribution in [0.1, 0.15) is 12.8 Å². The standard InChI is InChI=1S/C16H19N3O3/c1-2-14(20)17-11-15(21)19-10-6-9-13(19)16(22)18-12-7-4-3-5-8-12/h2-5,7-8,13H,1,6,9-11H2,(H,17,20)(H,18,22)/t13-/m1/s1. The van der Waals surface area contributed by atoms with Gasteiger partial charge in [0.1, 0.15) is 6.04 Å². The molecule has 1 fully saturated rings. The molecular formula is C16H19N3O3. The molecule has 0 saturated carbocycles. The number of benzene rings is 1. The van der Waals surface area contributed by atoms with Crippen LogP contribution in [0.5, 0.6) is 0 Å². The summed E-state index contributed by atoms with van der Waals surface area (Å²) in [5, 5.41) is 5.25. The van der Waals surface area contributed by atoms with E-state index in [1.807, 2.05) is 18.2 Å². The van der Waals surface area contributed by atoms with Crippen molar-refractivity contribution < 1.29 is 14.4 Å². The monoisotopic (exact) mass is 301 g/mol. The normalized spacial score (nSPS) is 16.9. The lowest BCUT2D eigenvalue weighted by Gasteiger charge is -2.24. The van der Waals surface area contributed by atoms with E-state index in [1.54, 1.807) is 12.1 Å². The van der Waals surface area contributed by atoms with Crippen LogP contribution in [0.3, 0.4) is 0 Å². The Morgan fingerprint density at radius 3 is 2.68 bits per heavy atom. The molecule has 0 aromatic heterocycles. The zero-order valence-electron chi connectivity index (χ0n) is 12.2. The number of anilines is 1. The molecule has 1 atom stereocenters. The van der Waals surface area contributed by atoms with Gasteiger partial charge in [-0.3, -0.25) is 14.4 Å². The van der Waals surface area contributed by atoms with E-state index in [4.69, 9.17) is 0 Å². The molecule has 22 heavy (non-hydrogen) atoms. The predicted molar refractivity (Wildman–Crippen MR) is 83.0 cm³/mol. The lowest BCUT2D eigenvalue weighted by Crippen LogP contribution is -2.47. The van der Waals surface area contributed by atoms with Gasteiger partial charge >= 0.3 is 0 Å². The Morgan fingerprint density at radius 1 is 1.27 bits per heavy atom. The van der Waals surface area contributed by atoms with Crippen molar-refractivity contribution in [3.8, 4) is 0 Å². The lowest BCUT2D eigenvalue weighted by molar-refractivity contribution is -0.136. The minimum absolute atomic E-state index is 0.125. The summed E-state index contributed by atoms with van der Waals surface area (Å²) in [5.74, 6) is -0.870. The molecule has 0 radical (unpaired) electrons. The highest BCUT2D eigenvalue weighted by molar-refractivity contribution is 5.98. The van der Waals surface area contributed by atoms with E-state index < -0.39 is 11.9 Å². The molecule has 0 spiro atoms. The van der Waals surface area contributed by atoms with Crippen LogP contribution in [-0.2, 0) is 14.4 Å². The highest BCUT2D eigenvalue weighted by atomic mass is 16.2. The van der Waals surface area contributed by atoms with Crippen molar-refractivity contribution in [2.24, 2.45) is 0 Å². The summed E-state index contributed by atoms with van der Waals surface area (Å²) < 4.78 is 0. The second kappa shape index (κ2) is 7.40. The summed E-state index contributed by atoms with van der Waals surface area (Å²) in [6.45, 7) is 3.72. The van der Waals surface area contributed by atoms with Crippen LogP contribution >= 0.6 is 0 Å². The molecule has 1 aliphatic rings. The number of carbonyl (C=O) groups is 3. The van der Waals surface area contributed by atoms with Gasteiger partial charge in [-0.1, -0.05) is 24.8 Å². The van der Waals surface area contributed by atoms with Crippen LogP contribution in [0.15, 0.2) is 43.0 Å². The SMILES string of the molecule is C=CC(=O)NCC(=O)N1CCC[C@@H]1C(=O)Nc1ccccc1. The van der Waals surface area contributed by atoms with Gasteiger partial charge in [-0.25, -0.2) is 0 Å². The minimum atomic E-state index is -0.492. The smallest absolute Gasteiger partial charge is 0.247 e. The third-order valence-corrected chi connectivity index (χ3v) is 3.52. The first kappa shape index (κ1) is 15.8. The van der Waals surface area contributed by atoms with Gasteiger partial charge in [0.25, 0.3) is 0 Å². The first-order valence-corrected chi connectivity index (χ1v) is 7.17. The number of hydrogen-bond donors (Lipinski definition) is 2. The van der Waals surface area contributed by atoms with Crippen molar-refractivity contribution in [3.05, 3.63) is 43.0 Å². The topological polar surface area (TPSA) is 78.5 Å². The fraction of sp³-hybridized carbons (Fsp3) is 0.312. The van der Waals surface area contributed by atoms with Crippen molar-refractivity contribution in [2.45, 2.75) is 18.9 Å². The molecule has 1 aliphatic heterocycles. The Labute approximate surface area is 129 Å². The Kier molecular flexibility index (Phi) is 5.30. The van der Waals surface area contributed by atoms with Crippen molar-refractivity contribution in [1.29, 1.82) is 0 Å². The lowest BCUT2D eigenvalue weighted by atomic mass is 10.2. The summed E-state index contributed by atoms with van der Waals surface area (Å²) in [6.07, 6.45) is 2.50. The number of amides is 3. The summed E-state index contributed by atoms with van der Waals surface area (Å²) >= 11 is 0. The van der Waals surface area contributed by atoms with E-state index in [0.29, 0.717) is 18.7 Å². The minimum Gasteiger partial charge on any atom is -0.343 e. The molecule has 0 aliphatic carbocycles. The van der Waals surface area contributed by atoms with Gasteiger partial charge in [-0.2, -0.15) is 0 Å². The molecule has 3 amide bonds. The van der Waals surface area contributed by atoms with Gasteiger partial charge in [-0.05, 0) is 31.1 Å². The summed E-state index contributed by atoms with van der Waals surface area (Å²) in [6, 6.07) is 8.62. The number of hydrogen-bond acceptors (Lipinski definition) is 3. The largest absolute Gasteiger partial charge is 0.343 e. The Morgan fingerprint density at radius 2 is 2.00 bits per heavy atom. The molecular weight excluding hydrogens is 282 g/mol. The number of likely N-dealkylation sites (tertiary alicyclic amines) is 1. The maximum Gasteiger partial charge on any atom is 0.247 e. The fourth-order valence-corrected chi connectivity index (χ4v) is 2.42. The van der Waals surface area contributed by atoms with Gasteiger partial charge in [0, 0.05) is 12.2 Å². The number of para-hydroxylation sites is 1. The summed E-state index contributed by atoms with van der Waals surface area (Å²) in [7, 11) is 0. The molecule has 1 aromatic carbocycles. The second-order valence-corrected chi connectivity index (χ2v) is 5.02. The molecule has 2 N–H and O–H groups in total. The Balaban J connectivity index is 1.94. The predicted octanol–water partition coefficient (Wildman–Crippen LogP) is 0.918. The van der Waals surface area contributed by atoms with E-state index in [-0.39, 0.29) is 18.4 Å². The molecule has 116 valence electrons. The molecule has 6 nitrogen and oxygen atoms in total. The zero-order chi connectivity index (χ0) is 15.9. The molecule has 0 bridgehead atoms. The van der Waals surface area contributed by atoms with E-state index in [0.717, 1.165) is 12.5 Å². The third-order valence-electron chi connectivity index (χ3n) is 3.52. The quantitative estimate of drug-likeness (QED) is 0.794. The number of rotatable bonds is 5. The van der Waals surface area contributed by atoms with Gasteiger partial charge in [-0.15, -0.1) is 0 Å². The maximum absolute atomic E-state index is 12.3. The highest BCUT2D eigenvalue weighted by Gasteiger charge is 2.33. The van der Waals surface area contributed by atoms with Crippen molar-refractivity contribution in [2.75, 3.05) is 18.4 Å². The molecule has 0 unspecified atom stereocenters. The van der Waals surface area contributed by atoms with Crippen LogP contribution in [0.4, 0.5) is 5.69 Å². The first-order valence-electron chi connectivity index (χ1n) is 7.17. The van der Waals surface area contributed by atoms with Gasteiger partial charge in [0.05, 0.1) is 6.54 Å². The second-order valence-electron chi connectivity index (χ2n) is 5.02. The first-order chi connectivity index (χ1) is 10.6. The average molecular weight is 301 g/mol. The number of carbonyl (C=O) groups excluding carboxylic acids is 3. The summed E-state index contributed by atoms with van der Waals surface area (Å²) in [4.78, 5) is 37.1. The Bertz CT molecular complexity index is 571. The van der Waals surface area contributed by atoms with Crippen molar-refractivity contribution in [1.82, 2.24) is 10.2 Å². The molecule has 1 heterocycles. The zero-order valence-corrected chi connectivity index (χ0v) is 12.2.